The molecule has 3 aromatic rings. The summed E-state index contributed by atoms with van der Waals surface area (Å²) in [6, 6.07) is 12.4. The Kier molecular flexibility index (Phi) is 5.82. The molecule has 0 radical (unpaired) electrons. The Morgan fingerprint density at radius 3 is 2.56 bits per heavy atom. The number of nitrogens with one attached hydrogen (secondary N) is 1. The average Bonchev–Trinajstić information content (AvgIpc) is 3.25. The van der Waals surface area contributed by atoms with Crippen LogP contribution in [0.4, 0.5) is 10.1 Å². The second-order valence-corrected chi connectivity index (χ2v) is 9.45. The third kappa shape index (κ3) is 4.15. The highest BCUT2D eigenvalue weighted by atomic mass is 32.1. The van der Waals surface area contributed by atoms with Gasteiger partial charge in [0.25, 0.3) is 0 Å². The van der Waals surface area contributed by atoms with Crippen molar-refractivity contribution in [1.82, 2.24) is 0 Å². The Hall–Kier alpha value is -3.12. The molecule has 2 heterocycles. The summed E-state index contributed by atoms with van der Waals surface area (Å²) < 4.78 is 25.4. The van der Waals surface area contributed by atoms with Gasteiger partial charge >= 0.3 is 5.97 Å². The first-order chi connectivity index (χ1) is 15.2. The first kappa shape index (κ1) is 22.1. The number of hydrogen-bond donors (Lipinski definition) is 1. The number of carbonyl (C=O) groups is 1. The van der Waals surface area contributed by atoms with Crippen LogP contribution in [0, 0.1) is 5.82 Å². The summed E-state index contributed by atoms with van der Waals surface area (Å²) in [5.74, 6) is -0.326. The SMILES string of the molecule is COc1cc(F)ccc1-c1ccc2c(c1C(OC(C)=O)c1cccs1)C(C)=CC(C)(C)N2. The molecule has 1 aliphatic rings. The van der Waals surface area contributed by atoms with Gasteiger partial charge in [0.2, 0.25) is 0 Å². The molecule has 4 rings (SSSR count). The average molecular weight is 452 g/mol. The van der Waals surface area contributed by atoms with Crippen LogP contribution in [0.25, 0.3) is 16.7 Å². The Balaban J connectivity index is 2.06. The molecule has 1 atom stereocenters. The number of thiophene rings is 1. The number of allylic oxidation sites excluding steroid dienone is 1. The zero-order chi connectivity index (χ0) is 23.0. The van der Waals surface area contributed by atoms with Gasteiger partial charge in [0.1, 0.15) is 11.6 Å². The van der Waals surface area contributed by atoms with Gasteiger partial charge in [-0.25, -0.2) is 4.39 Å². The molecule has 0 amide bonds. The number of carbonyl (C=O) groups excluding carboxylic acids is 1. The molecule has 1 N–H and O–H groups in total. The number of fused-ring (bicyclic) bond motifs is 1. The van der Waals surface area contributed by atoms with Gasteiger partial charge < -0.3 is 14.8 Å². The minimum atomic E-state index is -0.612. The van der Waals surface area contributed by atoms with Crippen molar-refractivity contribution in [3.63, 3.8) is 0 Å². The smallest absolute Gasteiger partial charge is 0.303 e. The Morgan fingerprint density at radius 1 is 1.16 bits per heavy atom. The van der Waals surface area contributed by atoms with E-state index in [2.05, 4.69) is 32.2 Å². The van der Waals surface area contributed by atoms with Gasteiger partial charge in [0.05, 0.1) is 12.6 Å². The lowest BCUT2D eigenvalue weighted by Gasteiger charge is -2.35. The van der Waals surface area contributed by atoms with Gasteiger partial charge in [-0.15, -0.1) is 11.3 Å². The Morgan fingerprint density at radius 2 is 1.91 bits per heavy atom. The Bertz CT molecular complexity index is 1200. The van der Waals surface area contributed by atoms with Crippen LogP contribution in [0.15, 0.2) is 53.9 Å². The summed E-state index contributed by atoms with van der Waals surface area (Å²) in [6.07, 6.45) is 1.56. The number of ether oxygens (including phenoxy) is 2. The van der Waals surface area contributed by atoms with Crippen LogP contribution in [0.2, 0.25) is 0 Å². The zero-order valence-corrected chi connectivity index (χ0v) is 19.6. The number of esters is 1. The number of halogens is 1. The normalized spacial score (nSPS) is 15.2. The molecule has 1 aliphatic heterocycles. The standard InChI is InChI=1S/C26H26FNO3S/c1-15-14-26(3,4)28-20-11-10-19(18-9-8-17(27)13-21(18)30-5)24(23(15)20)25(31-16(2)29)22-7-6-12-32-22/h6-14,25,28H,1-5H3. The third-order valence-electron chi connectivity index (χ3n) is 5.48. The van der Waals surface area contributed by atoms with E-state index in [1.807, 2.05) is 29.6 Å². The predicted molar refractivity (Wildman–Crippen MR) is 128 cm³/mol. The lowest BCUT2D eigenvalue weighted by molar-refractivity contribution is -0.144. The maximum absolute atomic E-state index is 14.0. The van der Waals surface area contributed by atoms with Crippen molar-refractivity contribution in [2.24, 2.45) is 0 Å². The summed E-state index contributed by atoms with van der Waals surface area (Å²) in [4.78, 5) is 13.1. The molecule has 0 saturated heterocycles. The maximum atomic E-state index is 14.0. The van der Waals surface area contributed by atoms with E-state index in [1.54, 1.807) is 6.07 Å². The number of benzene rings is 2. The first-order valence-corrected chi connectivity index (χ1v) is 11.3. The summed E-state index contributed by atoms with van der Waals surface area (Å²) in [5, 5.41) is 5.53. The van der Waals surface area contributed by atoms with E-state index in [-0.39, 0.29) is 17.3 Å². The van der Waals surface area contributed by atoms with Gasteiger partial charge in [-0.1, -0.05) is 18.2 Å². The lowest BCUT2D eigenvalue weighted by atomic mass is 9.82. The van der Waals surface area contributed by atoms with E-state index in [0.29, 0.717) is 5.75 Å². The monoisotopic (exact) mass is 451 g/mol. The summed E-state index contributed by atoms with van der Waals surface area (Å²) in [5.41, 5.74) is 5.21. The fourth-order valence-corrected chi connectivity index (χ4v) is 5.17. The molecule has 2 aromatic carbocycles. The maximum Gasteiger partial charge on any atom is 0.303 e. The van der Waals surface area contributed by atoms with Crippen molar-refractivity contribution in [2.75, 3.05) is 12.4 Å². The van der Waals surface area contributed by atoms with E-state index < -0.39 is 6.10 Å². The van der Waals surface area contributed by atoms with E-state index in [1.165, 1.54) is 37.5 Å². The molecular formula is C26H26FNO3S. The number of methoxy groups -OCH3 is 1. The van der Waals surface area contributed by atoms with Crippen LogP contribution in [-0.2, 0) is 9.53 Å². The predicted octanol–water partition coefficient (Wildman–Crippen LogP) is 6.82. The second kappa shape index (κ2) is 8.43. The van der Waals surface area contributed by atoms with Crippen molar-refractivity contribution in [1.29, 1.82) is 0 Å². The van der Waals surface area contributed by atoms with Crippen LogP contribution in [0.5, 0.6) is 5.75 Å². The molecule has 1 aromatic heterocycles. The van der Waals surface area contributed by atoms with E-state index in [9.17, 15) is 9.18 Å². The number of anilines is 1. The van der Waals surface area contributed by atoms with Gasteiger partial charge in [-0.2, -0.15) is 0 Å². The van der Waals surface area contributed by atoms with Crippen LogP contribution in [-0.4, -0.2) is 18.6 Å². The molecule has 0 bridgehead atoms. The van der Waals surface area contributed by atoms with Gasteiger partial charge in [-0.3, -0.25) is 4.79 Å². The quantitative estimate of drug-likeness (QED) is 0.432. The van der Waals surface area contributed by atoms with E-state index in [0.717, 1.165) is 38.4 Å². The second-order valence-electron chi connectivity index (χ2n) is 8.47. The molecule has 0 saturated carbocycles. The highest BCUT2D eigenvalue weighted by Crippen LogP contribution is 2.47. The third-order valence-corrected chi connectivity index (χ3v) is 6.39. The van der Waals surface area contributed by atoms with Crippen LogP contribution in [0.3, 0.4) is 0 Å². The minimum absolute atomic E-state index is 0.219. The summed E-state index contributed by atoms with van der Waals surface area (Å²) in [6.45, 7) is 7.70. The molecule has 0 aliphatic carbocycles. The lowest BCUT2D eigenvalue weighted by Crippen LogP contribution is -2.32. The number of hydrogen-bond acceptors (Lipinski definition) is 5. The van der Waals surface area contributed by atoms with Crippen molar-refractivity contribution in [2.45, 2.75) is 39.3 Å². The molecule has 0 fully saturated rings. The molecule has 166 valence electrons. The molecule has 4 nitrogen and oxygen atoms in total. The van der Waals surface area contributed by atoms with E-state index in [4.69, 9.17) is 9.47 Å². The molecule has 1 unspecified atom stereocenters. The van der Waals surface area contributed by atoms with Crippen LogP contribution < -0.4 is 10.1 Å². The summed E-state index contributed by atoms with van der Waals surface area (Å²) >= 11 is 1.53. The number of rotatable bonds is 5. The highest BCUT2D eigenvalue weighted by molar-refractivity contribution is 7.10. The van der Waals surface area contributed by atoms with Crippen molar-refractivity contribution in [3.05, 3.63) is 75.7 Å². The van der Waals surface area contributed by atoms with Crippen molar-refractivity contribution in [3.8, 4) is 16.9 Å². The van der Waals surface area contributed by atoms with Gasteiger partial charge in [-0.05, 0) is 61.6 Å². The first-order valence-electron chi connectivity index (χ1n) is 10.4. The van der Waals surface area contributed by atoms with Gasteiger partial charge in [0, 0.05) is 40.2 Å². The Labute approximate surface area is 191 Å². The minimum Gasteiger partial charge on any atom is -0.496 e. The molecule has 32 heavy (non-hydrogen) atoms. The molecule has 6 heteroatoms. The topological polar surface area (TPSA) is 47.6 Å². The summed E-state index contributed by atoms with van der Waals surface area (Å²) in [7, 11) is 1.52. The van der Waals surface area contributed by atoms with Crippen LogP contribution >= 0.6 is 11.3 Å². The van der Waals surface area contributed by atoms with Crippen molar-refractivity contribution >= 4 is 28.6 Å². The zero-order valence-electron chi connectivity index (χ0n) is 18.8. The fraction of sp³-hybridized carbons (Fsp3) is 0.269. The van der Waals surface area contributed by atoms with Gasteiger partial charge in [0.15, 0.2) is 6.10 Å². The molecule has 0 spiro atoms. The fourth-order valence-electron chi connectivity index (χ4n) is 4.41. The van der Waals surface area contributed by atoms with E-state index >= 15 is 0 Å². The molecular weight excluding hydrogens is 425 g/mol. The van der Waals surface area contributed by atoms with Crippen LogP contribution in [0.1, 0.15) is 49.8 Å². The highest BCUT2D eigenvalue weighted by Gasteiger charge is 2.32. The largest absolute Gasteiger partial charge is 0.496 e. The van der Waals surface area contributed by atoms with Crippen molar-refractivity contribution < 1.29 is 18.7 Å².